The lowest BCUT2D eigenvalue weighted by Crippen LogP contribution is -2.30. The third-order valence-corrected chi connectivity index (χ3v) is 4.45. The van der Waals surface area contributed by atoms with Gasteiger partial charge >= 0.3 is 0 Å². The molecule has 2 N–H and O–H groups in total. The van der Waals surface area contributed by atoms with E-state index in [2.05, 4.69) is 10.6 Å². The molecule has 1 atom stereocenters. The molecule has 0 aliphatic carbocycles. The van der Waals surface area contributed by atoms with Gasteiger partial charge in [0.15, 0.2) is 6.10 Å². The first-order valence-electron chi connectivity index (χ1n) is 9.53. The second-order valence-corrected chi connectivity index (χ2v) is 6.59. The fraction of sp³-hybridized carbons (Fsp3) is 0.125. The highest BCUT2D eigenvalue weighted by atomic mass is 16.5. The normalized spacial score (nSPS) is 11.0. The second kappa shape index (κ2) is 9.94. The maximum absolute atomic E-state index is 12.5. The molecule has 0 bridgehead atoms. The highest BCUT2D eigenvalue weighted by molar-refractivity contribution is 6.05. The highest BCUT2D eigenvalue weighted by Gasteiger charge is 2.17. The molecule has 1 unspecified atom stereocenters. The number of hydrogen-bond acceptors (Lipinski definition) is 5. The molecule has 0 aromatic heterocycles. The molecule has 0 saturated heterocycles. The van der Waals surface area contributed by atoms with Gasteiger partial charge in [0.1, 0.15) is 17.6 Å². The van der Waals surface area contributed by atoms with Gasteiger partial charge in [-0.3, -0.25) is 9.59 Å². The lowest BCUT2D eigenvalue weighted by Gasteiger charge is -2.15. The molecule has 0 spiro atoms. The molecule has 7 heteroatoms. The number of hydrogen-bond donors (Lipinski definition) is 2. The summed E-state index contributed by atoms with van der Waals surface area (Å²) in [4.78, 5) is 24.9. The van der Waals surface area contributed by atoms with E-state index in [0.717, 1.165) is 0 Å². The average molecular weight is 415 g/mol. The van der Waals surface area contributed by atoms with Crippen molar-refractivity contribution in [2.75, 3.05) is 17.7 Å². The van der Waals surface area contributed by atoms with Crippen LogP contribution in [0.25, 0.3) is 0 Å². The predicted molar refractivity (Wildman–Crippen MR) is 117 cm³/mol. The molecule has 156 valence electrons. The van der Waals surface area contributed by atoms with Crippen LogP contribution in [0.4, 0.5) is 11.4 Å². The summed E-state index contributed by atoms with van der Waals surface area (Å²) >= 11 is 0. The van der Waals surface area contributed by atoms with Gasteiger partial charge in [-0.2, -0.15) is 5.26 Å². The van der Waals surface area contributed by atoms with Crippen molar-refractivity contribution in [2.24, 2.45) is 0 Å². The first kappa shape index (κ1) is 21.4. The maximum Gasteiger partial charge on any atom is 0.265 e. The van der Waals surface area contributed by atoms with Gasteiger partial charge in [0.05, 0.1) is 18.4 Å². The van der Waals surface area contributed by atoms with Crippen LogP contribution in [0.15, 0.2) is 72.8 Å². The van der Waals surface area contributed by atoms with Crippen LogP contribution in [-0.2, 0) is 4.79 Å². The van der Waals surface area contributed by atoms with Crippen LogP contribution >= 0.6 is 0 Å². The summed E-state index contributed by atoms with van der Waals surface area (Å²) in [5.74, 6) is 0.230. The van der Waals surface area contributed by atoms with Crippen molar-refractivity contribution in [1.29, 1.82) is 5.26 Å². The van der Waals surface area contributed by atoms with E-state index in [1.807, 2.05) is 12.1 Å². The van der Waals surface area contributed by atoms with Crippen LogP contribution in [0.5, 0.6) is 11.5 Å². The molecule has 0 heterocycles. The molecule has 31 heavy (non-hydrogen) atoms. The van der Waals surface area contributed by atoms with Crippen molar-refractivity contribution in [3.8, 4) is 17.6 Å². The highest BCUT2D eigenvalue weighted by Crippen LogP contribution is 2.24. The topological polar surface area (TPSA) is 100 Å². The summed E-state index contributed by atoms with van der Waals surface area (Å²) < 4.78 is 10.8. The van der Waals surface area contributed by atoms with Gasteiger partial charge in [0, 0.05) is 11.3 Å². The van der Waals surface area contributed by atoms with Crippen molar-refractivity contribution < 1.29 is 19.1 Å². The van der Waals surface area contributed by atoms with E-state index in [1.165, 1.54) is 7.11 Å². The van der Waals surface area contributed by atoms with E-state index in [9.17, 15) is 9.59 Å². The molecule has 3 rings (SSSR count). The quantitative estimate of drug-likeness (QED) is 0.602. The predicted octanol–water partition coefficient (Wildman–Crippen LogP) is 4.23. The molecule has 2 amide bonds. The largest absolute Gasteiger partial charge is 0.495 e. The summed E-state index contributed by atoms with van der Waals surface area (Å²) in [5.41, 5.74) is 1.86. The number of nitrogens with one attached hydrogen (secondary N) is 2. The first-order valence-corrected chi connectivity index (χ1v) is 9.53. The van der Waals surface area contributed by atoms with Crippen LogP contribution in [0.1, 0.15) is 22.8 Å². The Morgan fingerprint density at radius 1 is 0.903 bits per heavy atom. The van der Waals surface area contributed by atoms with E-state index in [-0.39, 0.29) is 11.8 Å². The minimum absolute atomic E-state index is 0.299. The number of ether oxygens (including phenoxy) is 2. The third-order valence-electron chi connectivity index (χ3n) is 4.45. The minimum Gasteiger partial charge on any atom is -0.495 e. The van der Waals surface area contributed by atoms with Crippen LogP contribution in [0.3, 0.4) is 0 Å². The van der Waals surface area contributed by atoms with Gasteiger partial charge in [-0.05, 0) is 55.5 Å². The fourth-order valence-corrected chi connectivity index (χ4v) is 2.80. The van der Waals surface area contributed by atoms with E-state index in [0.29, 0.717) is 34.0 Å². The van der Waals surface area contributed by atoms with Crippen LogP contribution in [-0.4, -0.2) is 25.0 Å². The number of anilines is 2. The monoisotopic (exact) mass is 415 g/mol. The van der Waals surface area contributed by atoms with E-state index >= 15 is 0 Å². The second-order valence-electron chi connectivity index (χ2n) is 6.59. The van der Waals surface area contributed by atoms with Crippen molar-refractivity contribution in [3.05, 3.63) is 83.9 Å². The summed E-state index contributed by atoms with van der Waals surface area (Å²) in [6.07, 6.45) is -0.817. The summed E-state index contributed by atoms with van der Waals surface area (Å²) in [6, 6.07) is 22.3. The van der Waals surface area contributed by atoms with E-state index in [1.54, 1.807) is 73.7 Å². The molecule has 0 saturated carbocycles. The van der Waals surface area contributed by atoms with Gasteiger partial charge in [-0.25, -0.2) is 0 Å². The standard InChI is InChI=1S/C24H21N3O4/c1-16(31-21-9-5-3-7-18(21)15-25)23(28)26-19-13-11-17(12-14-19)24(29)27-20-8-4-6-10-22(20)30-2/h3-14,16H,1-2H3,(H,26,28)(H,27,29). The third kappa shape index (κ3) is 5.40. The summed E-state index contributed by atoms with van der Waals surface area (Å²) in [7, 11) is 1.53. The van der Waals surface area contributed by atoms with Gasteiger partial charge < -0.3 is 20.1 Å². The zero-order chi connectivity index (χ0) is 22.2. The Balaban J connectivity index is 1.61. The molecular weight excluding hydrogens is 394 g/mol. The Labute approximate surface area is 180 Å². The number of nitrogens with zero attached hydrogens (tertiary/aromatic N) is 1. The first-order chi connectivity index (χ1) is 15.0. The Kier molecular flexibility index (Phi) is 6.86. The zero-order valence-corrected chi connectivity index (χ0v) is 17.1. The molecule has 0 aliphatic rings. The Hall–Kier alpha value is -4.31. The number of methoxy groups -OCH3 is 1. The van der Waals surface area contributed by atoms with Crippen LogP contribution in [0.2, 0.25) is 0 Å². The zero-order valence-electron chi connectivity index (χ0n) is 17.1. The average Bonchev–Trinajstić information content (AvgIpc) is 2.80. The smallest absolute Gasteiger partial charge is 0.265 e. The molecule has 7 nitrogen and oxygen atoms in total. The number of carbonyl (C=O) groups excluding carboxylic acids is 2. The van der Waals surface area contributed by atoms with E-state index < -0.39 is 6.10 Å². The van der Waals surface area contributed by atoms with Crippen molar-refractivity contribution in [2.45, 2.75) is 13.0 Å². The lowest BCUT2D eigenvalue weighted by atomic mass is 10.1. The minimum atomic E-state index is -0.817. The number of para-hydroxylation sites is 3. The van der Waals surface area contributed by atoms with Crippen molar-refractivity contribution in [3.63, 3.8) is 0 Å². The van der Waals surface area contributed by atoms with Crippen LogP contribution in [0, 0.1) is 11.3 Å². The molecule has 0 aliphatic heterocycles. The van der Waals surface area contributed by atoms with Crippen molar-refractivity contribution in [1.82, 2.24) is 0 Å². The van der Waals surface area contributed by atoms with Crippen molar-refractivity contribution >= 4 is 23.2 Å². The van der Waals surface area contributed by atoms with E-state index in [4.69, 9.17) is 14.7 Å². The Bertz CT molecular complexity index is 1120. The Morgan fingerprint density at radius 2 is 1.55 bits per heavy atom. The number of benzene rings is 3. The maximum atomic E-state index is 12.5. The molecular formula is C24H21N3O4. The fourth-order valence-electron chi connectivity index (χ4n) is 2.80. The molecule has 3 aromatic rings. The summed E-state index contributed by atoms with van der Waals surface area (Å²) in [5, 5.41) is 14.7. The van der Waals surface area contributed by atoms with Gasteiger partial charge in [0.2, 0.25) is 0 Å². The number of carbonyl (C=O) groups is 2. The van der Waals surface area contributed by atoms with Crippen LogP contribution < -0.4 is 20.1 Å². The SMILES string of the molecule is COc1ccccc1NC(=O)c1ccc(NC(=O)C(C)Oc2ccccc2C#N)cc1. The number of rotatable bonds is 7. The number of nitriles is 1. The van der Waals surface area contributed by atoms with Gasteiger partial charge in [-0.1, -0.05) is 24.3 Å². The summed E-state index contributed by atoms with van der Waals surface area (Å²) in [6.45, 7) is 1.60. The molecule has 3 aromatic carbocycles. The van der Waals surface area contributed by atoms with Gasteiger partial charge in [0.25, 0.3) is 11.8 Å². The molecule has 0 radical (unpaired) electrons. The lowest BCUT2D eigenvalue weighted by molar-refractivity contribution is -0.122. The number of amides is 2. The van der Waals surface area contributed by atoms with Gasteiger partial charge in [-0.15, -0.1) is 0 Å². The Morgan fingerprint density at radius 3 is 2.23 bits per heavy atom. The molecule has 0 fully saturated rings.